The predicted molar refractivity (Wildman–Crippen MR) is 74.1 cm³/mol. The third-order valence-corrected chi connectivity index (χ3v) is 4.01. The normalized spacial score (nSPS) is 29.4. The molecule has 0 aromatic heterocycles. The molecular weight excluding hydrogens is 248 g/mol. The summed E-state index contributed by atoms with van der Waals surface area (Å²) < 4.78 is 0. The second kappa shape index (κ2) is 5.72. The number of carbonyl (C=O) groups excluding carboxylic acids is 1. The van der Waals surface area contributed by atoms with E-state index in [0.29, 0.717) is 12.0 Å². The second-order valence-corrected chi connectivity index (χ2v) is 5.08. The maximum absolute atomic E-state index is 12.1. The van der Waals surface area contributed by atoms with E-state index in [4.69, 9.17) is 0 Å². The van der Waals surface area contributed by atoms with Gasteiger partial charge in [0.1, 0.15) is 0 Å². The molecule has 0 radical (unpaired) electrons. The largest absolute Gasteiger partial charge is 0.348 e. The zero-order valence-corrected chi connectivity index (χ0v) is 11.2. The number of piperidine rings is 3. The van der Waals surface area contributed by atoms with Gasteiger partial charge in [-0.15, -0.1) is 12.4 Å². The molecule has 4 rings (SSSR count). The monoisotopic (exact) mass is 266 g/mol. The number of halogens is 1. The molecule has 2 bridgehead atoms. The van der Waals surface area contributed by atoms with E-state index < -0.39 is 0 Å². The van der Waals surface area contributed by atoms with Crippen molar-refractivity contribution in [3.05, 3.63) is 35.9 Å². The molecule has 1 N–H and O–H groups in total. The average Bonchev–Trinajstić information content (AvgIpc) is 2.41. The van der Waals surface area contributed by atoms with Crippen molar-refractivity contribution in [3.8, 4) is 0 Å². The summed E-state index contributed by atoms with van der Waals surface area (Å²) in [6.07, 6.45) is 2.47. The summed E-state index contributed by atoms with van der Waals surface area (Å²) in [5.74, 6) is 0.761. The molecule has 3 aliphatic rings. The highest BCUT2D eigenvalue weighted by atomic mass is 35.5. The third kappa shape index (κ3) is 2.68. The number of fused-ring (bicyclic) bond motifs is 3. The molecule has 1 amide bonds. The maximum Gasteiger partial charge on any atom is 0.251 e. The van der Waals surface area contributed by atoms with Gasteiger partial charge in [0.05, 0.1) is 0 Å². The molecule has 3 heterocycles. The fraction of sp³-hybridized carbons (Fsp3) is 0.500. The van der Waals surface area contributed by atoms with E-state index in [0.717, 1.165) is 12.1 Å². The standard InChI is InChI=1S/C14H18N2O.ClH/c17-14(12-4-2-1-3-5-12)15-13-10-16-8-6-11(13)7-9-16;/h1-5,11,13H,6-10H2,(H,15,17);1H/t13-;/m1./s1. The van der Waals surface area contributed by atoms with Crippen molar-refractivity contribution < 1.29 is 4.79 Å². The van der Waals surface area contributed by atoms with Crippen molar-refractivity contribution in [2.75, 3.05) is 19.6 Å². The zero-order valence-electron chi connectivity index (χ0n) is 10.3. The van der Waals surface area contributed by atoms with Gasteiger partial charge in [0.15, 0.2) is 0 Å². The van der Waals surface area contributed by atoms with Crippen LogP contribution < -0.4 is 5.32 Å². The Labute approximate surface area is 114 Å². The van der Waals surface area contributed by atoms with Crippen molar-refractivity contribution in [3.63, 3.8) is 0 Å². The van der Waals surface area contributed by atoms with E-state index in [2.05, 4.69) is 10.2 Å². The lowest BCUT2D eigenvalue weighted by Crippen LogP contribution is -2.57. The van der Waals surface area contributed by atoms with Gasteiger partial charge < -0.3 is 10.2 Å². The molecule has 1 atom stereocenters. The van der Waals surface area contributed by atoms with Crippen LogP contribution in [0.1, 0.15) is 23.2 Å². The molecule has 18 heavy (non-hydrogen) atoms. The maximum atomic E-state index is 12.1. The summed E-state index contributed by atoms with van der Waals surface area (Å²) in [5, 5.41) is 3.19. The Kier molecular flexibility index (Phi) is 4.25. The Balaban J connectivity index is 0.00000120. The van der Waals surface area contributed by atoms with Gasteiger partial charge in [0.2, 0.25) is 0 Å². The van der Waals surface area contributed by atoms with Crippen molar-refractivity contribution in [1.29, 1.82) is 0 Å². The van der Waals surface area contributed by atoms with E-state index in [1.165, 1.54) is 25.9 Å². The van der Waals surface area contributed by atoms with Crippen LogP contribution in [0.5, 0.6) is 0 Å². The number of nitrogens with one attached hydrogen (secondary N) is 1. The van der Waals surface area contributed by atoms with E-state index >= 15 is 0 Å². The molecule has 98 valence electrons. The lowest BCUT2D eigenvalue weighted by Gasteiger charge is -2.44. The molecule has 0 saturated carbocycles. The summed E-state index contributed by atoms with van der Waals surface area (Å²) in [5.41, 5.74) is 0.768. The van der Waals surface area contributed by atoms with Gasteiger partial charge in [-0.3, -0.25) is 4.79 Å². The SMILES string of the molecule is Cl.O=C(N[C@@H]1CN2CCC1CC2)c1ccccc1. The lowest BCUT2D eigenvalue weighted by molar-refractivity contribution is 0.0620. The molecule has 1 aromatic carbocycles. The van der Waals surface area contributed by atoms with Crippen LogP contribution >= 0.6 is 12.4 Å². The first-order chi connectivity index (χ1) is 8.33. The third-order valence-electron chi connectivity index (χ3n) is 4.01. The summed E-state index contributed by atoms with van der Waals surface area (Å²) in [6, 6.07) is 9.85. The second-order valence-electron chi connectivity index (χ2n) is 5.08. The number of benzene rings is 1. The molecule has 0 aliphatic carbocycles. The first-order valence-corrected chi connectivity index (χ1v) is 6.41. The Bertz CT molecular complexity index is 402. The summed E-state index contributed by atoms with van der Waals surface area (Å²) in [4.78, 5) is 14.5. The minimum Gasteiger partial charge on any atom is -0.348 e. The molecule has 3 nitrogen and oxygen atoms in total. The Morgan fingerprint density at radius 2 is 1.83 bits per heavy atom. The molecule has 1 aromatic rings. The van der Waals surface area contributed by atoms with Crippen LogP contribution in [0.4, 0.5) is 0 Å². The molecule has 0 spiro atoms. The van der Waals surface area contributed by atoms with Gasteiger partial charge in [-0.2, -0.15) is 0 Å². The van der Waals surface area contributed by atoms with Crippen LogP contribution in [0, 0.1) is 5.92 Å². The van der Waals surface area contributed by atoms with Gasteiger partial charge in [-0.25, -0.2) is 0 Å². The predicted octanol–water partition coefficient (Wildman–Crippen LogP) is 1.93. The van der Waals surface area contributed by atoms with Crippen LogP contribution in [-0.4, -0.2) is 36.5 Å². The molecule has 3 fully saturated rings. The lowest BCUT2D eigenvalue weighted by atomic mass is 9.84. The van der Waals surface area contributed by atoms with Crippen molar-refractivity contribution in [2.24, 2.45) is 5.92 Å². The van der Waals surface area contributed by atoms with E-state index in [1.54, 1.807) is 0 Å². The van der Waals surface area contributed by atoms with Crippen molar-refractivity contribution in [1.82, 2.24) is 10.2 Å². The fourth-order valence-corrected chi connectivity index (χ4v) is 2.97. The fourth-order valence-electron chi connectivity index (χ4n) is 2.97. The van der Waals surface area contributed by atoms with Crippen LogP contribution in [0.25, 0.3) is 0 Å². The van der Waals surface area contributed by atoms with E-state index in [-0.39, 0.29) is 18.3 Å². The Hall–Kier alpha value is -1.06. The Morgan fingerprint density at radius 3 is 2.39 bits per heavy atom. The van der Waals surface area contributed by atoms with Gasteiger partial charge in [-0.1, -0.05) is 18.2 Å². The quantitative estimate of drug-likeness (QED) is 0.887. The number of rotatable bonds is 2. The highest BCUT2D eigenvalue weighted by Crippen LogP contribution is 2.27. The first kappa shape index (κ1) is 13.4. The molecule has 0 unspecified atom stereocenters. The molecule has 4 heteroatoms. The van der Waals surface area contributed by atoms with Crippen molar-refractivity contribution in [2.45, 2.75) is 18.9 Å². The van der Waals surface area contributed by atoms with Gasteiger partial charge in [-0.05, 0) is 44.0 Å². The number of amides is 1. The molecule has 3 saturated heterocycles. The minimum absolute atomic E-state index is 0. The van der Waals surface area contributed by atoms with Crippen LogP contribution in [0.2, 0.25) is 0 Å². The molecular formula is C14H19ClN2O. The van der Waals surface area contributed by atoms with Gasteiger partial charge in [0, 0.05) is 18.2 Å². The van der Waals surface area contributed by atoms with E-state index in [9.17, 15) is 4.79 Å². The van der Waals surface area contributed by atoms with Gasteiger partial charge >= 0.3 is 0 Å². The van der Waals surface area contributed by atoms with Crippen LogP contribution in [-0.2, 0) is 0 Å². The summed E-state index contributed by atoms with van der Waals surface area (Å²) in [6.45, 7) is 3.45. The minimum atomic E-state index is 0. The highest BCUT2D eigenvalue weighted by molar-refractivity contribution is 5.94. The van der Waals surface area contributed by atoms with Crippen LogP contribution in [0.15, 0.2) is 30.3 Å². The van der Waals surface area contributed by atoms with Crippen LogP contribution in [0.3, 0.4) is 0 Å². The topological polar surface area (TPSA) is 32.3 Å². The highest BCUT2D eigenvalue weighted by Gasteiger charge is 2.34. The Morgan fingerprint density at radius 1 is 1.17 bits per heavy atom. The first-order valence-electron chi connectivity index (χ1n) is 6.41. The number of nitrogens with zero attached hydrogens (tertiary/aromatic N) is 1. The average molecular weight is 267 g/mol. The molecule has 3 aliphatic heterocycles. The van der Waals surface area contributed by atoms with Crippen molar-refractivity contribution >= 4 is 18.3 Å². The summed E-state index contributed by atoms with van der Waals surface area (Å²) in [7, 11) is 0. The smallest absolute Gasteiger partial charge is 0.251 e. The van der Waals surface area contributed by atoms with Gasteiger partial charge in [0.25, 0.3) is 5.91 Å². The zero-order chi connectivity index (χ0) is 11.7. The number of hydrogen-bond donors (Lipinski definition) is 1. The summed E-state index contributed by atoms with van der Waals surface area (Å²) >= 11 is 0. The van der Waals surface area contributed by atoms with E-state index in [1.807, 2.05) is 30.3 Å². The number of hydrogen-bond acceptors (Lipinski definition) is 2. The number of carbonyl (C=O) groups is 1.